The molecule has 0 fully saturated rings. The summed E-state index contributed by atoms with van der Waals surface area (Å²) in [5, 5.41) is 8.66. The first kappa shape index (κ1) is 8.32. The fourth-order valence-corrected chi connectivity index (χ4v) is 1.06. The summed E-state index contributed by atoms with van der Waals surface area (Å²) >= 11 is 0. The SMILES string of the molecule is N#Cc1ccnc(-c2ccncc2)n1. The van der Waals surface area contributed by atoms with Gasteiger partial charge in [0.15, 0.2) is 5.82 Å². The quantitative estimate of drug-likeness (QED) is 0.668. The minimum atomic E-state index is 0.367. The second kappa shape index (κ2) is 3.62. The Morgan fingerprint density at radius 2 is 1.86 bits per heavy atom. The van der Waals surface area contributed by atoms with Crippen LogP contribution in [0.2, 0.25) is 0 Å². The molecule has 0 aliphatic carbocycles. The van der Waals surface area contributed by atoms with E-state index in [0.29, 0.717) is 11.5 Å². The zero-order valence-corrected chi connectivity index (χ0v) is 7.25. The summed E-state index contributed by atoms with van der Waals surface area (Å²) in [6.45, 7) is 0. The molecule has 0 atom stereocenters. The van der Waals surface area contributed by atoms with Gasteiger partial charge in [0.2, 0.25) is 0 Å². The van der Waals surface area contributed by atoms with Crippen LogP contribution in [0.15, 0.2) is 36.8 Å². The van der Waals surface area contributed by atoms with Crippen molar-refractivity contribution in [1.82, 2.24) is 15.0 Å². The van der Waals surface area contributed by atoms with Gasteiger partial charge in [0.05, 0.1) is 0 Å². The molecule has 2 aromatic rings. The van der Waals surface area contributed by atoms with E-state index in [1.807, 2.05) is 6.07 Å². The maximum atomic E-state index is 8.66. The highest BCUT2D eigenvalue weighted by Gasteiger charge is 2.00. The molecule has 4 nitrogen and oxygen atoms in total. The van der Waals surface area contributed by atoms with Crippen LogP contribution in [0.25, 0.3) is 11.4 Å². The second-order valence-electron chi connectivity index (χ2n) is 2.61. The van der Waals surface area contributed by atoms with Gasteiger partial charge >= 0.3 is 0 Å². The lowest BCUT2D eigenvalue weighted by molar-refractivity contribution is 1.14. The molecular formula is C10H6N4. The van der Waals surface area contributed by atoms with Crippen molar-refractivity contribution in [2.24, 2.45) is 0 Å². The van der Waals surface area contributed by atoms with E-state index in [1.165, 1.54) is 0 Å². The predicted octanol–water partition coefficient (Wildman–Crippen LogP) is 1.41. The molecule has 4 heteroatoms. The van der Waals surface area contributed by atoms with Gasteiger partial charge in [0.1, 0.15) is 11.8 Å². The normalized spacial score (nSPS) is 9.36. The Hall–Kier alpha value is -2.28. The lowest BCUT2D eigenvalue weighted by atomic mass is 10.2. The topological polar surface area (TPSA) is 62.5 Å². The van der Waals surface area contributed by atoms with Crippen molar-refractivity contribution in [3.8, 4) is 17.5 Å². The maximum absolute atomic E-state index is 8.66. The van der Waals surface area contributed by atoms with E-state index in [9.17, 15) is 0 Å². The third-order valence-electron chi connectivity index (χ3n) is 1.71. The molecule has 0 radical (unpaired) electrons. The number of aromatic nitrogens is 3. The van der Waals surface area contributed by atoms with E-state index in [1.54, 1.807) is 36.8 Å². The van der Waals surface area contributed by atoms with E-state index < -0.39 is 0 Å². The van der Waals surface area contributed by atoms with E-state index in [2.05, 4.69) is 15.0 Å². The molecule has 2 aromatic heterocycles. The van der Waals surface area contributed by atoms with Crippen molar-refractivity contribution in [3.05, 3.63) is 42.5 Å². The Morgan fingerprint density at radius 1 is 1.07 bits per heavy atom. The molecule has 0 amide bonds. The first-order valence-electron chi connectivity index (χ1n) is 4.04. The van der Waals surface area contributed by atoms with Crippen LogP contribution in [0.4, 0.5) is 0 Å². The van der Waals surface area contributed by atoms with Crippen molar-refractivity contribution in [3.63, 3.8) is 0 Å². The monoisotopic (exact) mass is 182 g/mol. The zero-order valence-electron chi connectivity index (χ0n) is 7.25. The van der Waals surface area contributed by atoms with E-state index >= 15 is 0 Å². The predicted molar refractivity (Wildman–Crippen MR) is 50.0 cm³/mol. The molecular weight excluding hydrogens is 176 g/mol. The van der Waals surface area contributed by atoms with Gasteiger partial charge in [-0.25, -0.2) is 9.97 Å². The van der Waals surface area contributed by atoms with Crippen molar-refractivity contribution >= 4 is 0 Å². The van der Waals surface area contributed by atoms with Crippen LogP contribution in [0.5, 0.6) is 0 Å². The molecule has 0 aliphatic rings. The molecule has 66 valence electrons. The van der Waals surface area contributed by atoms with Crippen molar-refractivity contribution in [2.75, 3.05) is 0 Å². The average Bonchev–Trinajstić information content (AvgIpc) is 2.30. The summed E-state index contributed by atoms with van der Waals surface area (Å²) in [6, 6.07) is 7.15. The number of hydrogen-bond acceptors (Lipinski definition) is 4. The van der Waals surface area contributed by atoms with E-state index in [0.717, 1.165) is 5.56 Å². The highest BCUT2D eigenvalue weighted by Crippen LogP contribution is 2.11. The Labute approximate surface area is 80.9 Å². The van der Waals surface area contributed by atoms with Crippen LogP contribution in [0.3, 0.4) is 0 Å². The number of nitriles is 1. The van der Waals surface area contributed by atoms with Crippen LogP contribution in [-0.2, 0) is 0 Å². The molecule has 14 heavy (non-hydrogen) atoms. The molecule has 0 aromatic carbocycles. The number of hydrogen-bond donors (Lipinski definition) is 0. The Kier molecular flexibility index (Phi) is 2.15. The zero-order chi connectivity index (χ0) is 9.80. The maximum Gasteiger partial charge on any atom is 0.160 e. The van der Waals surface area contributed by atoms with Crippen LogP contribution < -0.4 is 0 Å². The number of nitrogens with zero attached hydrogens (tertiary/aromatic N) is 4. The molecule has 2 heterocycles. The number of pyridine rings is 1. The molecule has 0 saturated heterocycles. The van der Waals surface area contributed by atoms with E-state index in [-0.39, 0.29) is 0 Å². The third-order valence-corrected chi connectivity index (χ3v) is 1.71. The van der Waals surface area contributed by atoms with E-state index in [4.69, 9.17) is 5.26 Å². The molecule has 2 rings (SSSR count). The summed E-state index contributed by atoms with van der Waals surface area (Å²) < 4.78 is 0. The standard InChI is InChI=1S/C10H6N4/c11-7-9-3-6-13-10(14-9)8-1-4-12-5-2-8/h1-6H. The number of rotatable bonds is 1. The minimum absolute atomic E-state index is 0.367. The summed E-state index contributed by atoms with van der Waals surface area (Å²) in [7, 11) is 0. The van der Waals surface area contributed by atoms with Crippen LogP contribution in [0, 0.1) is 11.3 Å². The van der Waals surface area contributed by atoms with Gasteiger partial charge in [-0.2, -0.15) is 5.26 Å². The van der Waals surface area contributed by atoms with Crippen LogP contribution in [0.1, 0.15) is 5.69 Å². The Balaban J connectivity index is 2.49. The Bertz CT molecular complexity index is 473. The minimum Gasteiger partial charge on any atom is -0.265 e. The Morgan fingerprint density at radius 3 is 2.57 bits per heavy atom. The van der Waals surface area contributed by atoms with Crippen molar-refractivity contribution in [1.29, 1.82) is 5.26 Å². The molecule has 0 aliphatic heterocycles. The van der Waals surface area contributed by atoms with Crippen molar-refractivity contribution in [2.45, 2.75) is 0 Å². The molecule has 0 unspecified atom stereocenters. The lowest BCUT2D eigenvalue weighted by Gasteiger charge is -1.97. The van der Waals surface area contributed by atoms with Gasteiger partial charge in [-0.1, -0.05) is 0 Å². The van der Waals surface area contributed by atoms with Crippen LogP contribution >= 0.6 is 0 Å². The molecule has 0 N–H and O–H groups in total. The van der Waals surface area contributed by atoms with Gasteiger partial charge in [-0.3, -0.25) is 4.98 Å². The van der Waals surface area contributed by atoms with Gasteiger partial charge in [0.25, 0.3) is 0 Å². The summed E-state index contributed by atoms with van der Waals surface area (Å²) in [6.07, 6.45) is 4.90. The molecule has 0 bridgehead atoms. The fraction of sp³-hybridized carbons (Fsp3) is 0. The first-order valence-corrected chi connectivity index (χ1v) is 4.04. The summed E-state index contributed by atoms with van der Waals surface area (Å²) in [4.78, 5) is 12.0. The second-order valence-corrected chi connectivity index (χ2v) is 2.61. The fourth-order valence-electron chi connectivity index (χ4n) is 1.06. The van der Waals surface area contributed by atoms with Gasteiger partial charge in [-0.05, 0) is 18.2 Å². The van der Waals surface area contributed by atoms with Gasteiger partial charge < -0.3 is 0 Å². The lowest BCUT2D eigenvalue weighted by Crippen LogP contribution is -1.90. The third kappa shape index (κ3) is 1.57. The van der Waals surface area contributed by atoms with Crippen molar-refractivity contribution < 1.29 is 0 Å². The first-order chi connectivity index (χ1) is 6.90. The largest absolute Gasteiger partial charge is 0.265 e. The summed E-state index contributed by atoms with van der Waals surface area (Å²) in [5.41, 5.74) is 1.23. The summed E-state index contributed by atoms with van der Waals surface area (Å²) in [5.74, 6) is 0.548. The van der Waals surface area contributed by atoms with Crippen LogP contribution in [-0.4, -0.2) is 15.0 Å². The average molecular weight is 182 g/mol. The van der Waals surface area contributed by atoms with Gasteiger partial charge in [-0.15, -0.1) is 0 Å². The highest BCUT2D eigenvalue weighted by atomic mass is 14.9. The highest BCUT2D eigenvalue weighted by molar-refractivity contribution is 5.53. The van der Waals surface area contributed by atoms with Gasteiger partial charge in [0, 0.05) is 24.2 Å². The molecule has 0 saturated carbocycles. The molecule has 0 spiro atoms. The smallest absolute Gasteiger partial charge is 0.160 e.